The minimum Gasteiger partial charge on any atom is -0.507 e. The van der Waals surface area contributed by atoms with Gasteiger partial charge in [0.1, 0.15) is 17.5 Å². The first-order chi connectivity index (χ1) is 11.8. The molecule has 2 aromatic rings. The second-order valence-corrected chi connectivity index (χ2v) is 6.25. The summed E-state index contributed by atoms with van der Waals surface area (Å²) in [5, 5.41) is 9.86. The van der Waals surface area contributed by atoms with Gasteiger partial charge in [-0.05, 0) is 24.3 Å². The van der Waals surface area contributed by atoms with Crippen LogP contribution < -0.4 is 9.64 Å². The third-order valence-corrected chi connectivity index (χ3v) is 4.69. The molecule has 0 bridgehead atoms. The van der Waals surface area contributed by atoms with Crippen molar-refractivity contribution in [3.8, 4) is 11.5 Å². The molecule has 4 heteroatoms. The number of likely N-dealkylation sites (tertiary alicyclic amines) is 1. The molecule has 0 aliphatic carbocycles. The summed E-state index contributed by atoms with van der Waals surface area (Å²) in [7, 11) is 1.70. The van der Waals surface area contributed by atoms with Crippen LogP contribution in [-0.2, 0) is 0 Å². The molecule has 1 aliphatic rings. The maximum absolute atomic E-state index is 9.86. The minimum absolute atomic E-state index is 0.271. The lowest BCUT2D eigenvalue weighted by atomic mass is 10.1. The summed E-state index contributed by atoms with van der Waals surface area (Å²) in [4.78, 5) is 6.21. The number of para-hydroxylation sites is 1. The van der Waals surface area contributed by atoms with Gasteiger partial charge in [-0.15, -0.1) is 0 Å². The second kappa shape index (κ2) is 7.97. The zero-order chi connectivity index (χ0) is 16.8. The lowest BCUT2D eigenvalue weighted by molar-refractivity contribution is -0.918. The van der Waals surface area contributed by atoms with E-state index in [1.54, 1.807) is 24.3 Å². The van der Waals surface area contributed by atoms with E-state index in [2.05, 4.69) is 17.1 Å². The number of nitrogens with zero attached hydrogens (tertiary/aromatic N) is 1. The first kappa shape index (κ1) is 16.5. The largest absolute Gasteiger partial charge is 0.507 e. The zero-order valence-corrected chi connectivity index (χ0v) is 14.1. The maximum Gasteiger partial charge on any atom is 0.133 e. The summed E-state index contributed by atoms with van der Waals surface area (Å²) < 4.78 is 5.38. The van der Waals surface area contributed by atoms with E-state index >= 15 is 0 Å². The summed E-state index contributed by atoms with van der Waals surface area (Å²) in [6, 6.07) is 15.9. The number of aromatic hydroxyl groups is 1. The standard InChI is InChI=1S/C20H24N2O2/c1-24-18-9-6-8-16(13-18)19(22-11-4-5-12-22)15-21-14-17-7-2-3-10-20(17)23/h2-3,6-10,13-14,19,23H,4-5,11-12,15H2,1H3/p+1/t19-/m0/s1. The number of phenolic OH excluding ortho intramolecular Hbond substituents is 1. The molecule has 1 saturated heterocycles. The van der Waals surface area contributed by atoms with E-state index in [0.717, 1.165) is 11.3 Å². The summed E-state index contributed by atoms with van der Waals surface area (Å²) in [6.45, 7) is 3.08. The average Bonchev–Trinajstić information content (AvgIpc) is 3.14. The molecule has 3 rings (SSSR count). The molecule has 2 aromatic carbocycles. The number of rotatable bonds is 6. The van der Waals surface area contributed by atoms with Crippen LogP contribution in [-0.4, -0.2) is 38.1 Å². The molecule has 0 amide bonds. The van der Waals surface area contributed by atoms with Crippen molar-refractivity contribution in [1.29, 1.82) is 0 Å². The Kier molecular flexibility index (Phi) is 5.49. The van der Waals surface area contributed by atoms with Crippen LogP contribution in [0.2, 0.25) is 0 Å². The van der Waals surface area contributed by atoms with Crippen molar-refractivity contribution >= 4 is 6.21 Å². The van der Waals surface area contributed by atoms with Crippen LogP contribution in [0.4, 0.5) is 0 Å². The van der Waals surface area contributed by atoms with Crippen LogP contribution in [0.5, 0.6) is 11.5 Å². The Balaban J connectivity index is 1.78. The van der Waals surface area contributed by atoms with Gasteiger partial charge in [0.2, 0.25) is 0 Å². The highest BCUT2D eigenvalue weighted by molar-refractivity contribution is 5.83. The van der Waals surface area contributed by atoms with Crippen molar-refractivity contribution in [3.63, 3.8) is 0 Å². The quantitative estimate of drug-likeness (QED) is 0.800. The summed E-state index contributed by atoms with van der Waals surface area (Å²) in [5.74, 6) is 1.16. The van der Waals surface area contributed by atoms with Crippen LogP contribution in [0.1, 0.15) is 30.0 Å². The minimum atomic E-state index is 0.271. The number of methoxy groups -OCH3 is 1. The highest BCUT2D eigenvalue weighted by atomic mass is 16.5. The molecule has 1 atom stereocenters. The number of aliphatic imine (C=N–C) groups is 1. The molecule has 1 aliphatic heterocycles. The molecule has 1 heterocycles. The molecule has 24 heavy (non-hydrogen) atoms. The van der Waals surface area contributed by atoms with Crippen LogP contribution in [0.3, 0.4) is 0 Å². The summed E-state index contributed by atoms with van der Waals surface area (Å²) in [5.41, 5.74) is 2.03. The van der Waals surface area contributed by atoms with Crippen molar-refractivity contribution < 1.29 is 14.7 Å². The zero-order valence-electron chi connectivity index (χ0n) is 14.1. The molecular weight excluding hydrogens is 300 g/mol. The fourth-order valence-electron chi connectivity index (χ4n) is 3.36. The van der Waals surface area contributed by atoms with Crippen molar-refractivity contribution in [2.75, 3.05) is 26.7 Å². The molecule has 4 nitrogen and oxygen atoms in total. The van der Waals surface area contributed by atoms with Crippen molar-refractivity contribution in [1.82, 2.24) is 0 Å². The van der Waals surface area contributed by atoms with E-state index in [9.17, 15) is 5.11 Å². The van der Waals surface area contributed by atoms with Crippen LogP contribution in [0.25, 0.3) is 0 Å². The Hall–Kier alpha value is -2.33. The van der Waals surface area contributed by atoms with Crippen molar-refractivity contribution in [2.24, 2.45) is 4.99 Å². The number of benzene rings is 2. The molecule has 2 N–H and O–H groups in total. The SMILES string of the molecule is COc1cccc([C@H](CN=Cc2ccccc2O)[NH+]2CCCC2)c1. The number of phenols is 1. The molecule has 0 unspecified atom stereocenters. The first-order valence-electron chi connectivity index (χ1n) is 8.54. The Labute approximate surface area is 143 Å². The molecule has 0 radical (unpaired) electrons. The number of hydrogen-bond acceptors (Lipinski definition) is 3. The number of quaternary nitrogens is 1. The summed E-state index contributed by atoms with van der Waals surface area (Å²) in [6.07, 6.45) is 4.33. The van der Waals surface area contributed by atoms with E-state index in [0.29, 0.717) is 12.6 Å². The van der Waals surface area contributed by atoms with Crippen LogP contribution in [0.15, 0.2) is 53.5 Å². The molecule has 0 saturated carbocycles. The second-order valence-electron chi connectivity index (χ2n) is 6.25. The van der Waals surface area contributed by atoms with Gasteiger partial charge in [-0.1, -0.05) is 24.3 Å². The highest BCUT2D eigenvalue weighted by Crippen LogP contribution is 2.19. The van der Waals surface area contributed by atoms with Gasteiger partial charge >= 0.3 is 0 Å². The van der Waals surface area contributed by atoms with Crippen molar-refractivity contribution in [3.05, 3.63) is 59.7 Å². The van der Waals surface area contributed by atoms with Gasteiger partial charge in [0.25, 0.3) is 0 Å². The van der Waals surface area contributed by atoms with Gasteiger partial charge in [-0.3, -0.25) is 4.99 Å². The fourth-order valence-corrected chi connectivity index (χ4v) is 3.36. The van der Waals surface area contributed by atoms with Gasteiger partial charge in [0.05, 0.1) is 26.7 Å². The van der Waals surface area contributed by atoms with Gasteiger partial charge in [0, 0.05) is 30.2 Å². The number of ether oxygens (including phenoxy) is 1. The Bertz CT molecular complexity index is 694. The smallest absolute Gasteiger partial charge is 0.133 e. The third kappa shape index (κ3) is 3.95. The van der Waals surface area contributed by atoms with E-state index in [4.69, 9.17) is 4.74 Å². The van der Waals surface area contributed by atoms with E-state index in [1.165, 1.54) is 31.5 Å². The van der Waals surface area contributed by atoms with Gasteiger partial charge in [0.15, 0.2) is 0 Å². The van der Waals surface area contributed by atoms with Gasteiger partial charge in [-0.25, -0.2) is 0 Å². The number of nitrogens with one attached hydrogen (secondary N) is 1. The Morgan fingerprint density at radius 1 is 1.17 bits per heavy atom. The van der Waals surface area contributed by atoms with Crippen LogP contribution >= 0.6 is 0 Å². The molecule has 0 spiro atoms. The maximum atomic E-state index is 9.86. The first-order valence-corrected chi connectivity index (χ1v) is 8.54. The normalized spacial score (nSPS) is 16.5. The predicted octanol–water partition coefficient (Wildman–Crippen LogP) is 2.24. The Morgan fingerprint density at radius 3 is 2.71 bits per heavy atom. The van der Waals surface area contributed by atoms with Crippen molar-refractivity contribution in [2.45, 2.75) is 18.9 Å². The van der Waals surface area contributed by atoms with Gasteiger partial charge < -0.3 is 14.7 Å². The third-order valence-electron chi connectivity index (χ3n) is 4.69. The van der Waals surface area contributed by atoms with E-state index in [-0.39, 0.29) is 5.75 Å². The average molecular weight is 325 g/mol. The molecule has 126 valence electrons. The van der Waals surface area contributed by atoms with Crippen LogP contribution in [0, 0.1) is 0 Å². The fraction of sp³-hybridized carbons (Fsp3) is 0.350. The molecular formula is C20H25N2O2+. The van der Waals surface area contributed by atoms with Gasteiger partial charge in [-0.2, -0.15) is 0 Å². The Morgan fingerprint density at radius 2 is 1.96 bits per heavy atom. The monoisotopic (exact) mass is 325 g/mol. The van der Waals surface area contributed by atoms with E-state index in [1.807, 2.05) is 30.3 Å². The molecule has 0 aromatic heterocycles. The lowest BCUT2D eigenvalue weighted by Crippen LogP contribution is -3.10. The van der Waals surface area contributed by atoms with E-state index < -0.39 is 0 Å². The topological polar surface area (TPSA) is 46.3 Å². The predicted molar refractivity (Wildman–Crippen MR) is 96.2 cm³/mol. The number of hydrogen-bond donors (Lipinski definition) is 2. The molecule has 1 fully saturated rings. The lowest BCUT2D eigenvalue weighted by Gasteiger charge is -2.23. The summed E-state index contributed by atoms with van der Waals surface area (Å²) >= 11 is 0. The highest BCUT2D eigenvalue weighted by Gasteiger charge is 2.27.